The molecule has 4 rings (SSSR count). The Labute approximate surface area is 168 Å². The predicted octanol–water partition coefficient (Wildman–Crippen LogP) is 5.25. The van der Waals surface area contributed by atoms with Crippen molar-refractivity contribution in [2.24, 2.45) is 0 Å². The number of hydrogen-bond donors (Lipinski definition) is 1. The highest BCUT2D eigenvalue weighted by molar-refractivity contribution is 5.90. The largest absolute Gasteiger partial charge is 0.337 e. The van der Waals surface area contributed by atoms with E-state index in [2.05, 4.69) is 15.5 Å². The second-order valence-corrected chi connectivity index (χ2v) is 7.42. The summed E-state index contributed by atoms with van der Waals surface area (Å²) >= 11 is 0. The summed E-state index contributed by atoms with van der Waals surface area (Å²) in [5.74, 6) is 0.471. The Morgan fingerprint density at radius 2 is 1.97 bits per heavy atom. The van der Waals surface area contributed by atoms with Crippen LogP contribution in [0.15, 0.2) is 47.0 Å². The molecule has 3 aromatic rings. The van der Waals surface area contributed by atoms with Crippen molar-refractivity contribution < 1.29 is 13.7 Å². The second-order valence-electron chi connectivity index (χ2n) is 7.42. The Kier molecular flexibility index (Phi) is 5.29. The minimum absolute atomic E-state index is 0.178. The zero-order valence-corrected chi connectivity index (χ0v) is 16.5. The zero-order valence-electron chi connectivity index (χ0n) is 16.5. The van der Waals surface area contributed by atoms with Crippen LogP contribution in [-0.4, -0.2) is 27.6 Å². The van der Waals surface area contributed by atoms with E-state index in [1.165, 1.54) is 12.1 Å². The summed E-state index contributed by atoms with van der Waals surface area (Å²) in [6.45, 7) is 4.62. The average molecular weight is 394 g/mol. The number of likely N-dealkylation sites (tertiary alicyclic amines) is 1. The van der Waals surface area contributed by atoms with Crippen molar-refractivity contribution in [3.8, 4) is 11.4 Å². The lowest BCUT2D eigenvalue weighted by Crippen LogP contribution is -2.41. The molecule has 2 heterocycles. The number of piperidine rings is 1. The molecule has 0 radical (unpaired) electrons. The molecule has 0 unspecified atom stereocenters. The van der Waals surface area contributed by atoms with Crippen LogP contribution in [0.2, 0.25) is 0 Å². The number of amides is 2. The highest BCUT2D eigenvalue weighted by atomic mass is 19.1. The number of aryl methyl sites for hydroxylation is 2. The number of benzene rings is 2. The van der Waals surface area contributed by atoms with Crippen molar-refractivity contribution in [2.45, 2.75) is 39.2 Å². The molecule has 2 amide bonds. The minimum atomic E-state index is -0.320. The van der Waals surface area contributed by atoms with E-state index in [0.717, 1.165) is 36.1 Å². The average Bonchev–Trinajstić information content (AvgIpc) is 3.20. The van der Waals surface area contributed by atoms with Gasteiger partial charge in [-0.05, 0) is 69.0 Å². The van der Waals surface area contributed by atoms with Crippen LogP contribution in [0.25, 0.3) is 11.4 Å². The number of aromatic nitrogens is 2. The van der Waals surface area contributed by atoms with Gasteiger partial charge in [0.1, 0.15) is 11.9 Å². The summed E-state index contributed by atoms with van der Waals surface area (Å²) in [4.78, 5) is 19.2. The van der Waals surface area contributed by atoms with Crippen molar-refractivity contribution in [2.75, 3.05) is 11.9 Å². The predicted molar refractivity (Wildman–Crippen MR) is 108 cm³/mol. The van der Waals surface area contributed by atoms with Crippen molar-refractivity contribution in [1.29, 1.82) is 0 Å². The van der Waals surface area contributed by atoms with Crippen molar-refractivity contribution in [1.82, 2.24) is 15.0 Å². The number of nitrogens with zero attached hydrogens (tertiary/aromatic N) is 3. The lowest BCUT2D eigenvalue weighted by atomic mass is 10.0. The maximum atomic E-state index is 13.2. The lowest BCUT2D eigenvalue weighted by Gasteiger charge is -2.33. The van der Waals surface area contributed by atoms with Crippen LogP contribution in [0.3, 0.4) is 0 Å². The van der Waals surface area contributed by atoms with Crippen LogP contribution in [-0.2, 0) is 0 Å². The Morgan fingerprint density at radius 1 is 1.17 bits per heavy atom. The monoisotopic (exact) mass is 394 g/mol. The standard InChI is InChI=1S/C22H23FN4O2/c1-14-6-11-18(15(2)13-14)24-22(28)27-12-4-3-5-19(27)21-25-20(26-29-21)16-7-9-17(23)10-8-16/h6-11,13,19H,3-5,12H2,1-2H3,(H,24,28)/t19-/m0/s1. The molecular weight excluding hydrogens is 371 g/mol. The minimum Gasteiger partial charge on any atom is -0.337 e. The molecule has 2 aromatic carbocycles. The van der Waals surface area contributed by atoms with Crippen molar-refractivity contribution in [3.05, 3.63) is 65.3 Å². The summed E-state index contributed by atoms with van der Waals surface area (Å²) in [7, 11) is 0. The third-order valence-corrected chi connectivity index (χ3v) is 5.22. The topological polar surface area (TPSA) is 71.3 Å². The Bertz CT molecular complexity index is 1020. The molecule has 1 fully saturated rings. The molecule has 1 aliphatic heterocycles. The van der Waals surface area contributed by atoms with Gasteiger partial charge in [-0.25, -0.2) is 9.18 Å². The number of rotatable bonds is 3. The van der Waals surface area contributed by atoms with Crippen molar-refractivity contribution in [3.63, 3.8) is 0 Å². The highest BCUT2D eigenvalue weighted by Gasteiger charge is 2.32. The van der Waals surface area contributed by atoms with Gasteiger partial charge in [0.25, 0.3) is 0 Å². The van der Waals surface area contributed by atoms with Gasteiger partial charge in [0.15, 0.2) is 0 Å². The fourth-order valence-electron chi connectivity index (χ4n) is 3.66. The molecule has 6 nitrogen and oxygen atoms in total. The molecule has 0 bridgehead atoms. The van der Waals surface area contributed by atoms with Crippen LogP contribution >= 0.6 is 0 Å². The van der Waals surface area contributed by atoms with Gasteiger partial charge in [-0.15, -0.1) is 0 Å². The van der Waals surface area contributed by atoms with Crippen LogP contribution in [0, 0.1) is 19.7 Å². The number of anilines is 1. The first-order valence-electron chi connectivity index (χ1n) is 9.75. The van der Waals surface area contributed by atoms with E-state index in [-0.39, 0.29) is 17.9 Å². The Hall–Kier alpha value is -3.22. The maximum absolute atomic E-state index is 13.2. The van der Waals surface area contributed by atoms with Gasteiger partial charge in [-0.2, -0.15) is 4.98 Å². The number of urea groups is 1. The van der Waals surface area contributed by atoms with Crippen LogP contribution < -0.4 is 5.32 Å². The van der Waals surface area contributed by atoms with Crippen LogP contribution in [0.5, 0.6) is 0 Å². The van der Waals surface area contributed by atoms with E-state index in [9.17, 15) is 9.18 Å². The normalized spacial score (nSPS) is 16.7. The molecule has 1 N–H and O–H groups in total. The number of carbonyl (C=O) groups excluding carboxylic acids is 1. The third-order valence-electron chi connectivity index (χ3n) is 5.22. The van der Waals surface area contributed by atoms with Gasteiger partial charge in [0, 0.05) is 17.8 Å². The van der Waals surface area contributed by atoms with Gasteiger partial charge in [-0.1, -0.05) is 22.9 Å². The second kappa shape index (κ2) is 8.03. The summed E-state index contributed by atoms with van der Waals surface area (Å²) in [6.07, 6.45) is 2.66. The molecule has 0 spiro atoms. The first-order chi connectivity index (χ1) is 14.0. The molecule has 0 aliphatic carbocycles. The van der Waals surface area contributed by atoms with Gasteiger partial charge in [-0.3, -0.25) is 0 Å². The molecule has 1 aromatic heterocycles. The molecule has 1 atom stereocenters. The van der Waals surface area contributed by atoms with E-state index in [1.807, 2.05) is 32.0 Å². The summed E-state index contributed by atoms with van der Waals surface area (Å²) in [5.41, 5.74) is 3.63. The molecule has 1 saturated heterocycles. The number of carbonyl (C=O) groups is 1. The van der Waals surface area contributed by atoms with Crippen LogP contribution in [0.4, 0.5) is 14.9 Å². The Balaban J connectivity index is 1.54. The molecule has 29 heavy (non-hydrogen) atoms. The fraction of sp³-hybridized carbons (Fsp3) is 0.318. The van der Waals surface area contributed by atoms with E-state index in [0.29, 0.717) is 23.8 Å². The van der Waals surface area contributed by atoms with Gasteiger partial charge in [0.05, 0.1) is 0 Å². The maximum Gasteiger partial charge on any atom is 0.322 e. The number of nitrogens with one attached hydrogen (secondary N) is 1. The van der Waals surface area contributed by atoms with Crippen LogP contribution in [0.1, 0.15) is 42.3 Å². The van der Waals surface area contributed by atoms with E-state index in [4.69, 9.17) is 4.52 Å². The zero-order chi connectivity index (χ0) is 20.4. The summed E-state index contributed by atoms with van der Waals surface area (Å²) in [5, 5.41) is 7.03. The van der Waals surface area contributed by atoms with Crippen molar-refractivity contribution >= 4 is 11.7 Å². The van der Waals surface area contributed by atoms with E-state index in [1.54, 1.807) is 17.0 Å². The lowest BCUT2D eigenvalue weighted by molar-refractivity contribution is 0.142. The fourth-order valence-corrected chi connectivity index (χ4v) is 3.66. The SMILES string of the molecule is Cc1ccc(NC(=O)N2CCCC[C@H]2c2nc(-c3ccc(F)cc3)no2)c(C)c1. The highest BCUT2D eigenvalue weighted by Crippen LogP contribution is 2.32. The third kappa shape index (κ3) is 4.13. The summed E-state index contributed by atoms with van der Waals surface area (Å²) in [6, 6.07) is 11.4. The summed E-state index contributed by atoms with van der Waals surface area (Å²) < 4.78 is 18.6. The molecule has 150 valence electrons. The molecule has 0 saturated carbocycles. The van der Waals surface area contributed by atoms with Gasteiger partial charge < -0.3 is 14.7 Å². The molecular formula is C22H23FN4O2. The Morgan fingerprint density at radius 3 is 2.72 bits per heavy atom. The van der Waals surface area contributed by atoms with E-state index >= 15 is 0 Å². The first kappa shape index (κ1) is 19.1. The quantitative estimate of drug-likeness (QED) is 0.658. The number of hydrogen-bond acceptors (Lipinski definition) is 4. The van der Waals surface area contributed by atoms with Gasteiger partial charge >= 0.3 is 6.03 Å². The number of halogens is 1. The van der Waals surface area contributed by atoms with Gasteiger partial charge in [0.2, 0.25) is 11.7 Å². The molecule has 7 heteroatoms. The van der Waals surface area contributed by atoms with E-state index < -0.39 is 0 Å². The smallest absolute Gasteiger partial charge is 0.322 e. The molecule has 1 aliphatic rings. The first-order valence-corrected chi connectivity index (χ1v) is 9.75.